The van der Waals surface area contributed by atoms with Crippen molar-refractivity contribution >= 4 is 16.9 Å². The molecule has 0 aliphatic heterocycles. The van der Waals surface area contributed by atoms with E-state index >= 15 is 0 Å². The molecule has 4 heteroatoms. The monoisotopic (exact) mass is 241 g/mol. The fraction of sp³-hybridized carbons (Fsp3) is 0.286. The van der Waals surface area contributed by atoms with Crippen molar-refractivity contribution in [3.63, 3.8) is 0 Å². The summed E-state index contributed by atoms with van der Waals surface area (Å²) < 4.78 is 1.95. The van der Waals surface area contributed by atoms with Gasteiger partial charge in [0.25, 0.3) is 0 Å². The molecule has 2 rings (SSSR count). The molecule has 0 spiro atoms. The number of benzene rings is 1. The fourth-order valence-corrected chi connectivity index (χ4v) is 2.05. The van der Waals surface area contributed by atoms with E-state index in [1.54, 1.807) is 0 Å². The molecule has 1 N–H and O–H groups in total. The Morgan fingerprint density at radius 3 is 2.94 bits per heavy atom. The van der Waals surface area contributed by atoms with E-state index in [9.17, 15) is 4.79 Å². The summed E-state index contributed by atoms with van der Waals surface area (Å²) in [6.07, 6.45) is 5.40. The van der Waals surface area contributed by atoms with Crippen LogP contribution in [0.1, 0.15) is 25.7 Å². The zero-order chi connectivity index (χ0) is 13.1. The highest BCUT2D eigenvalue weighted by atomic mass is 16.1. The molecule has 0 saturated carbocycles. The molecule has 1 aromatic heterocycles. The van der Waals surface area contributed by atoms with E-state index in [-0.39, 0.29) is 11.9 Å². The minimum absolute atomic E-state index is 0.0817. The molecule has 0 aliphatic carbocycles. The average molecular weight is 241 g/mol. The van der Waals surface area contributed by atoms with E-state index in [1.807, 2.05) is 35.8 Å². The second kappa shape index (κ2) is 4.92. The second-order valence-electron chi connectivity index (χ2n) is 4.17. The van der Waals surface area contributed by atoms with Gasteiger partial charge in [-0.15, -0.1) is 6.42 Å². The lowest BCUT2D eigenvalue weighted by Crippen LogP contribution is -2.26. The minimum atomic E-state index is -0.164. The number of imidazole rings is 1. The van der Waals surface area contributed by atoms with Crippen LogP contribution in [0.2, 0.25) is 0 Å². The second-order valence-corrected chi connectivity index (χ2v) is 4.17. The summed E-state index contributed by atoms with van der Waals surface area (Å²) in [4.78, 5) is 15.7. The molecule has 0 saturated heterocycles. The van der Waals surface area contributed by atoms with Gasteiger partial charge in [0, 0.05) is 6.92 Å². The maximum atomic E-state index is 11.1. The van der Waals surface area contributed by atoms with Crippen molar-refractivity contribution < 1.29 is 4.79 Å². The highest BCUT2D eigenvalue weighted by molar-refractivity contribution is 5.77. The predicted octanol–water partition coefficient (Wildman–Crippen LogP) is 1.87. The summed E-state index contributed by atoms with van der Waals surface area (Å²) >= 11 is 0. The van der Waals surface area contributed by atoms with Gasteiger partial charge in [0.15, 0.2) is 0 Å². The first-order valence-corrected chi connectivity index (χ1v) is 5.79. The van der Waals surface area contributed by atoms with Gasteiger partial charge in [-0.1, -0.05) is 18.1 Å². The maximum absolute atomic E-state index is 11.1. The number of carbonyl (C=O) groups excluding carboxylic acids is 1. The van der Waals surface area contributed by atoms with Crippen LogP contribution >= 0.6 is 0 Å². The maximum Gasteiger partial charge on any atom is 0.217 e. The molecule has 1 heterocycles. The van der Waals surface area contributed by atoms with E-state index in [1.165, 1.54) is 6.92 Å². The molecule has 1 aromatic carbocycles. The van der Waals surface area contributed by atoms with Crippen molar-refractivity contribution in [2.45, 2.75) is 26.4 Å². The zero-order valence-corrected chi connectivity index (χ0v) is 10.5. The smallest absolute Gasteiger partial charge is 0.217 e. The van der Waals surface area contributed by atoms with Crippen LogP contribution in [-0.2, 0) is 11.3 Å². The molecule has 18 heavy (non-hydrogen) atoms. The lowest BCUT2D eigenvalue weighted by Gasteiger charge is -2.13. The minimum Gasteiger partial charge on any atom is -0.347 e. The largest absolute Gasteiger partial charge is 0.347 e. The third kappa shape index (κ3) is 2.21. The first-order valence-electron chi connectivity index (χ1n) is 5.79. The van der Waals surface area contributed by atoms with E-state index in [2.05, 4.69) is 16.2 Å². The van der Waals surface area contributed by atoms with Crippen LogP contribution in [-0.4, -0.2) is 15.5 Å². The van der Waals surface area contributed by atoms with Crippen LogP contribution in [0.15, 0.2) is 24.3 Å². The molecule has 0 bridgehead atoms. The Balaban J connectivity index is 2.52. The van der Waals surface area contributed by atoms with Crippen LogP contribution in [0.3, 0.4) is 0 Å². The summed E-state index contributed by atoms with van der Waals surface area (Å²) in [6.45, 7) is 3.83. The van der Waals surface area contributed by atoms with E-state index in [0.717, 1.165) is 16.9 Å². The van der Waals surface area contributed by atoms with E-state index in [0.29, 0.717) is 6.54 Å². The van der Waals surface area contributed by atoms with Gasteiger partial charge in [-0.05, 0) is 19.1 Å². The molecular weight excluding hydrogens is 226 g/mol. The van der Waals surface area contributed by atoms with E-state index in [4.69, 9.17) is 6.42 Å². The number of hydrogen-bond donors (Lipinski definition) is 1. The molecule has 0 fully saturated rings. The van der Waals surface area contributed by atoms with Crippen molar-refractivity contribution in [1.29, 1.82) is 0 Å². The SMILES string of the molecule is C#CCn1c([C@H](C)NC(C)=O)nc2ccccc21. The molecule has 1 atom stereocenters. The topological polar surface area (TPSA) is 46.9 Å². The lowest BCUT2D eigenvalue weighted by atomic mass is 10.3. The van der Waals surface area contributed by atoms with Crippen LogP contribution in [0.4, 0.5) is 0 Å². The molecule has 0 unspecified atom stereocenters. The predicted molar refractivity (Wildman–Crippen MR) is 70.8 cm³/mol. The highest BCUT2D eigenvalue weighted by Gasteiger charge is 2.16. The molecule has 1 amide bonds. The van der Waals surface area contributed by atoms with Crippen molar-refractivity contribution in [3.05, 3.63) is 30.1 Å². The Morgan fingerprint density at radius 2 is 2.28 bits per heavy atom. The highest BCUT2D eigenvalue weighted by Crippen LogP contribution is 2.20. The molecule has 2 aromatic rings. The van der Waals surface area contributed by atoms with Crippen LogP contribution in [0.25, 0.3) is 11.0 Å². The van der Waals surface area contributed by atoms with Crippen LogP contribution in [0, 0.1) is 12.3 Å². The van der Waals surface area contributed by atoms with E-state index < -0.39 is 0 Å². The van der Waals surface area contributed by atoms with Crippen LogP contribution < -0.4 is 5.32 Å². The molecular formula is C14H15N3O. The number of hydrogen-bond acceptors (Lipinski definition) is 2. The van der Waals surface area contributed by atoms with Gasteiger partial charge in [0.1, 0.15) is 5.82 Å². The van der Waals surface area contributed by atoms with Gasteiger partial charge in [0.2, 0.25) is 5.91 Å². The number of nitrogens with zero attached hydrogens (tertiary/aromatic N) is 2. The number of fused-ring (bicyclic) bond motifs is 1. The van der Waals surface area contributed by atoms with Crippen molar-refractivity contribution in [2.75, 3.05) is 0 Å². The number of rotatable bonds is 3. The summed E-state index contributed by atoms with van der Waals surface area (Å²) in [5, 5.41) is 2.83. The van der Waals surface area contributed by atoms with Gasteiger partial charge in [-0.3, -0.25) is 4.79 Å². The van der Waals surface area contributed by atoms with Gasteiger partial charge in [-0.25, -0.2) is 4.98 Å². The fourth-order valence-electron chi connectivity index (χ4n) is 2.05. The van der Waals surface area contributed by atoms with Gasteiger partial charge >= 0.3 is 0 Å². The average Bonchev–Trinajstić information content (AvgIpc) is 2.68. The van der Waals surface area contributed by atoms with Gasteiger partial charge in [0.05, 0.1) is 23.6 Å². The first kappa shape index (κ1) is 12.2. The zero-order valence-electron chi connectivity index (χ0n) is 10.5. The third-order valence-corrected chi connectivity index (χ3v) is 2.74. The molecule has 92 valence electrons. The van der Waals surface area contributed by atoms with Crippen LogP contribution in [0.5, 0.6) is 0 Å². The lowest BCUT2D eigenvalue weighted by molar-refractivity contribution is -0.119. The Bertz CT molecular complexity index is 621. The number of nitrogens with one attached hydrogen (secondary N) is 1. The quantitative estimate of drug-likeness (QED) is 0.834. The summed E-state index contributed by atoms with van der Waals surface area (Å²) in [5.41, 5.74) is 1.88. The first-order chi connectivity index (χ1) is 8.63. The summed E-state index contributed by atoms with van der Waals surface area (Å²) in [6, 6.07) is 7.63. The summed E-state index contributed by atoms with van der Waals surface area (Å²) in [7, 11) is 0. The number of aromatic nitrogens is 2. The van der Waals surface area contributed by atoms with Crippen molar-refractivity contribution in [1.82, 2.24) is 14.9 Å². The Morgan fingerprint density at radius 1 is 1.56 bits per heavy atom. The number of carbonyl (C=O) groups is 1. The number of amides is 1. The van der Waals surface area contributed by atoms with Crippen molar-refractivity contribution in [3.8, 4) is 12.3 Å². The van der Waals surface area contributed by atoms with Gasteiger partial charge < -0.3 is 9.88 Å². The normalized spacial score (nSPS) is 12.1. The summed E-state index contributed by atoms with van der Waals surface area (Å²) in [5.74, 6) is 3.32. The third-order valence-electron chi connectivity index (χ3n) is 2.74. The van der Waals surface area contributed by atoms with Gasteiger partial charge in [-0.2, -0.15) is 0 Å². The Labute approximate surface area is 106 Å². The molecule has 0 radical (unpaired) electrons. The number of terminal acetylenes is 1. The molecule has 4 nitrogen and oxygen atoms in total. The standard InChI is InChI=1S/C14H15N3O/c1-4-9-17-13-8-6-5-7-12(13)16-14(17)10(2)15-11(3)18/h1,5-8,10H,9H2,2-3H3,(H,15,18)/t10-/m0/s1. The Hall–Kier alpha value is -2.28. The molecule has 0 aliphatic rings. The number of para-hydroxylation sites is 2. The Kier molecular flexibility index (Phi) is 3.33. The van der Waals surface area contributed by atoms with Crippen molar-refractivity contribution in [2.24, 2.45) is 0 Å².